The van der Waals surface area contributed by atoms with E-state index < -0.39 is 12.0 Å². The molecule has 0 unspecified atom stereocenters. The van der Waals surface area contributed by atoms with E-state index in [-0.39, 0.29) is 11.7 Å². The van der Waals surface area contributed by atoms with Crippen molar-refractivity contribution in [1.82, 2.24) is 19.8 Å². The number of nitrogens with zero attached hydrogens (tertiary/aromatic N) is 5. The molecule has 1 N–H and O–H groups in total. The number of anilines is 2. The van der Waals surface area contributed by atoms with Crippen LogP contribution in [0.2, 0.25) is 0 Å². The van der Waals surface area contributed by atoms with Crippen LogP contribution in [-0.2, 0) is 6.18 Å². The van der Waals surface area contributed by atoms with Crippen LogP contribution in [0.1, 0.15) is 18.7 Å². The number of rotatable bonds is 5. The summed E-state index contributed by atoms with van der Waals surface area (Å²) in [7, 11) is 3.20. The Labute approximate surface area is 170 Å². The lowest BCUT2D eigenvalue weighted by atomic mass is 10.0. The van der Waals surface area contributed by atoms with Crippen molar-refractivity contribution in [3.05, 3.63) is 36.2 Å². The van der Waals surface area contributed by atoms with Gasteiger partial charge >= 0.3 is 6.18 Å². The second-order valence-electron chi connectivity index (χ2n) is 6.99. The zero-order valence-corrected chi connectivity index (χ0v) is 16.5. The SMILES string of the molecule is COc1cc(NC2CCN(c3ccc4nnc(C(F)(F)F)n4n3)CC2)cc(OC)c1. The largest absolute Gasteiger partial charge is 0.497 e. The summed E-state index contributed by atoms with van der Waals surface area (Å²) < 4.78 is 50.6. The van der Waals surface area contributed by atoms with Crippen molar-refractivity contribution in [2.24, 2.45) is 0 Å². The fourth-order valence-electron chi connectivity index (χ4n) is 3.50. The molecule has 1 fully saturated rings. The van der Waals surface area contributed by atoms with Gasteiger partial charge in [0.1, 0.15) is 17.3 Å². The van der Waals surface area contributed by atoms with E-state index in [9.17, 15) is 13.2 Å². The average Bonchev–Trinajstić information content (AvgIpc) is 3.17. The topological polar surface area (TPSA) is 76.8 Å². The fraction of sp³-hybridized carbons (Fsp3) is 0.421. The van der Waals surface area contributed by atoms with Crippen LogP contribution in [0.4, 0.5) is 24.7 Å². The third-order valence-electron chi connectivity index (χ3n) is 5.04. The molecule has 0 bridgehead atoms. The maximum Gasteiger partial charge on any atom is 0.453 e. The fourth-order valence-corrected chi connectivity index (χ4v) is 3.50. The van der Waals surface area contributed by atoms with Gasteiger partial charge in [-0.15, -0.1) is 15.3 Å². The van der Waals surface area contributed by atoms with Gasteiger partial charge in [0.2, 0.25) is 0 Å². The molecule has 0 aliphatic carbocycles. The highest BCUT2D eigenvalue weighted by Crippen LogP contribution is 2.30. The molecule has 0 radical (unpaired) electrons. The number of methoxy groups -OCH3 is 2. The van der Waals surface area contributed by atoms with Crippen LogP contribution in [0.25, 0.3) is 5.65 Å². The van der Waals surface area contributed by atoms with E-state index in [4.69, 9.17) is 9.47 Å². The van der Waals surface area contributed by atoms with Crippen LogP contribution in [0.15, 0.2) is 30.3 Å². The Hall–Kier alpha value is -3.24. The lowest BCUT2D eigenvalue weighted by molar-refractivity contribution is -0.146. The summed E-state index contributed by atoms with van der Waals surface area (Å²) in [6, 6.07) is 8.98. The number of alkyl halides is 3. The minimum Gasteiger partial charge on any atom is -0.497 e. The van der Waals surface area contributed by atoms with Crippen LogP contribution in [-0.4, -0.2) is 53.2 Å². The van der Waals surface area contributed by atoms with Gasteiger partial charge in [0.15, 0.2) is 5.65 Å². The third-order valence-corrected chi connectivity index (χ3v) is 5.04. The van der Waals surface area contributed by atoms with Crippen LogP contribution >= 0.6 is 0 Å². The van der Waals surface area contributed by atoms with Gasteiger partial charge in [0.05, 0.1) is 14.2 Å². The number of halogens is 3. The summed E-state index contributed by atoms with van der Waals surface area (Å²) in [5.41, 5.74) is 0.957. The molecule has 1 aliphatic rings. The Bertz CT molecular complexity index is 1010. The Kier molecular flexibility index (Phi) is 5.27. The molecule has 1 aromatic carbocycles. The van der Waals surface area contributed by atoms with Crippen LogP contribution in [0, 0.1) is 0 Å². The molecule has 0 saturated carbocycles. The predicted molar refractivity (Wildman–Crippen MR) is 104 cm³/mol. The molecular weight excluding hydrogens is 401 g/mol. The lowest BCUT2D eigenvalue weighted by Crippen LogP contribution is -2.39. The lowest BCUT2D eigenvalue weighted by Gasteiger charge is -2.33. The van der Waals surface area contributed by atoms with Crippen molar-refractivity contribution in [3.63, 3.8) is 0 Å². The molecule has 1 aliphatic heterocycles. The van der Waals surface area contributed by atoms with Crippen molar-refractivity contribution in [2.75, 3.05) is 37.5 Å². The molecule has 8 nitrogen and oxygen atoms in total. The summed E-state index contributed by atoms with van der Waals surface area (Å²) >= 11 is 0. The molecule has 30 heavy (non-hydrogen) atoms. The van der Waals surface area contributed by atoms with Crippen molar-refractivity contribution >= 4 is 17.2 Å². The minimum absolute atomic E-state index is 0.0644. The Morgan fingerprint density at radius 3 is 2.27 bits per heavy atom. The highest BCUT2D eigenvalue weighted by molar-refractivity contribution is 5.54. The molecule has 0 spiro atoms. The second kappa shape index (κ2) is 7.88. The van der Waals surface area contributed by atoms with E-state index >= 15 is 0 Å². The number of ether oxygens (including phenoxy) is 2. The summed E-state index contributed by atoms with van der Waals surface area (Å²) in [6.45, 7) is 1.31. The molecule has 0 amide bonds. The van der Waals surface area contributed by atoms with Crippen molar-refractivity contribution < 1.29 is 22.6 Å². The Balaban J connectivity index is 1.45. The van der Waals surface area contributed by atoms with Gasteiger partial charge in [-0.25, -0.2) is 0 Å². The van der Waals surface area contributed by atoms with E-state index in [1.54, 1.807) is 26.4 Å². The maximum absolute atomic E-state index is 13.1. The van der Waals surface area contributed by atoms with Gasteiger partial charge in [-0.3, -0.25) is 0 Å². The first kappa shape index (κ1) is 20.0. The van der Waals surface area contributed by atoms with Gasteiger partial charge in [-0.05, 0) is 25.0 Å². The van der Waals surface area contributed by atoms with Crippen molar-refractivity contribution in [3.8, 4) is 11.5 Å². The van der Waals surface area contributed by atoms with E-state index in [0.29, 0.717) is 30.4 Å². The normalized spacial score (nSPS) is 15.4. The molecule has 11 heteroatoms. The number of benzene rings is 1. The van der Waals surface area contributed by atoms with Gasteiger partial charge in [0, 0.05) is 43.0 Å². The Morgan fingerprint density at radius 1 is 1.00 bits per heavy atom. The zero-order chi connectivity index (χ0) is 21.3. The number of piperidine rings is 1. The first-order valence-electron chi connectivity index (χ1n) is 9.41. The number of hydrogen-bond donors (Lipinski definition) is 1. The van der Waals surface area contributed by atoms with Gasteiger partial charge in [-0.1, -0.05) is 0 Å². The number of nitrogens with one attached hydrogen (secondary N) is 1. The van der Waals surface area contributed by atoms with Crippen LogP contribution < -0.4 is 19.7 Å². The number of aromatic nitrogens is 4. The van der Waals surface area contributed by atoms with Gasteiger partial charge in [-0.2, -0.15) is 17.7 Å². The highest BCUT2D eigenvalue weighted by Gasteiger charge is 2.37. The highest BCUT2D eigenvalue weighted by atomic mass is 19.4. The quantitative estimate of drug-likeness (QED) is 0.676. The molecule has 3 aromatic rings. The van der Waals surface area contributed by atoms with Crippen LogP contribution in [0.5, 0.6) is 11.5 Å². The van der Waals surface area contributed by atoms with Crippen molar-refractivity contribution in [1.29, 1.82) is 0 Å². The van der Waals surface area contributed by atoms with E-state index in [2.05, 4.69) is 20.6 Å². The van der Waals surface area contributed by atoms with Gasteiger partial charge in [0.25, 0.3) is 5.82 Å². The maximum atomic E-state index is 13.1. The molecule has 4 rings (SSSR count). The average molecular weight is 422 g/mol. The standard InChI is InChI=1S/C19H21F3N6O2/c1-29-14-9-13(10-15(11-14)30-2)23-12-5-7-27(8-6-12)17-4-3-16-24-25-18(19(20,21)22)28(16)26-17/h3-4,9-12,23H,5-8H2,1-2H3. The molecule has 160 valence electrons. The van der Waals surface area contributed by atoms with E-state index in [0.717, 1.165) is 23.0 Å². The summed E-state index contributed by atoms with van der Waals surface area (Å²) in [4.78, 5) is 1.96. The molecular formula is C19H21F3N6O2. The molecule has 1 saturated heterocycles. The second-order valence-corrected chi connectivity index (χ2v) is 6.99. The molecule has 2 aromatic heterocycles. The third kappa shape index (κ3) is 4.05. The summed E-state index contributed by atoms with van der Waals surface area (Å²) in [5, 5.41) is 14.4. The van der Waals surface area contributed by atoms with E-state index in [1.807, 2.05) is 17.0 Å². The van der Waals surface area contributed by atoms with E-state index in [1.165, 1.54) is 6.07 Å². The molecule has 0 atom stereocenters. The monoisotopic (exact) mass is 422 g/mol. The summed E-state index contributed by atoms with van der Waals surface area (Å²) in [6.07, 6.45) is -3.01. The van der Waals surface area contributed by atoms with Crippen LogP contribution in [0.3, 0.4) is 0 Å². The smallest absolute Gasteiger partial charge is 0.453 e. The predicted octanol–water partition coefficient (Wildman–Crippen LogP) is 3.24. The zero-order valence-electron chi connectivity index (χ0n) is 16.5. The first-order valence-corrected chi connectivity index (χ1v) is 9.41. The van der Waals surface area contributed by atoms with Gasteiger partial charge < -0.3 is 19.7 Å². The minimum atomic E-state index is -4.61. The Morgan fingerprint density at radius 2 is 1.67 bits per heavy atom. The van der Waals surface area contributed by atoms with Crippen molar-refractivity contribution in [2.45, 2.75) is 25.1 Å². The molecule has 3 heterocycles. The summed E-state index contributed by atoms with van der Waals surface area (Å²) in [5.74, 6) is 0.736. The number of fused-ring (bicyclic) bond motifs is 1. The first-order chi connectivity index (χ1) is 14.4. The number of hydrogen-bond acceptors (Lipinski definition) is 7.